The molecule has 2 rings (SSSR count). The van der Waals surface area contributed by atoms with E-state index in [9.17, 15) is 5.21 Å². The molecule has 1 atom stereocenters. The highest BCUT2D eigenvalue weighted by Gasteiger charge is 2.60. The molecule has 4 nitrogen and oxygen atoms in total. The van der Waals surface area contributed by atoms with Crippen LogP contribution in [0, 0.1) is 5.41 Å². The van der Waals surface area contributed by atoms with Gasteiger partial charge in [-0.15, -0.1) is 10.3 Å². The molecular weight excluding hydrogens is 314 g/mol. The number of nitrogens with zero attached hydrogens (tertiary/aromatic N) is 1. The van der Waals surface area contributed by atoms with Gasteiger partial charge in [-0.05, 0) is 39.0 Å². The summed E-state index contributed by atoms with van der Waals surface area (Å²) in [6, 6.07) is 0. The van der Waals surface area contributed by atoms with Crippen molar-refractivity contribution in [3.63, 3.8) is 0 Å². The Balaban J connectivity index is 2.24. The van der Waals surface area contributed by atoms with Crippen molar-refractivity contribution < 1.29 is 14.7 Å². The van der Waals surface area contributed by atoms with Gasteiger partial charge in [0.1, 0.15) is 0 Å². The molecule has 0 saturated carbocycles. The van der Waals surface area contributed by atoms with Crippen molar-refractivity contribution in [3.8, 4) is 0 Å². The molecule has 0 aromatic carbocycles. The first-order valence-electron chi connectivity index (χ1n) is 10.5. The number of piperidine rings is 1. The molecule has 1 spiro atoms. The first kappa shape index (κ1) is 21.1. The molecule has 0 amide bonds. The summed E-state index contributed by atoms with van der Waals surface area (Å²) in [6.07, 6.45) is 8.56. The van der Waals surface area contributed by atoms with Gasteiger partial charge < -0.3 is 9.47 Å². The van der Waals surface area contributed by atoms with Crippen LogP contribution in [0.1, 0.15) is 99.3 Å². The van der Waals surface area contributed by atoms with Crippen LogP contribution in [-0.4, -0.2) is 35.1 Å². The zero-order valence-corrected chi connectivity index (χ0v) is 17.5. The van der Waals surface area contributed by atoms with E-state index in [0.29, 0.717) is 12.8 Å². The molecule has 2 aliphatic heterocycles. The van der Waals surface area contributed by atoms with Crippen LogP contribution in [0.4, 0.5) is 0 Å². The van der Waals surface area contributed by atoms with Gasteiger partial charge >= 0.3 is 0 Å². The summed E-state index contributed by atoms with van der Waals surface area (Å²) in [5, 5.41) is 14.6. The minimum Gasteiger partial charge on any atom is -0.349 e. The van der Waals surface area contributed by atoms with E-state index in [0.717, 1.165) is 38.9 Å². The second-order valence-corrected chi connectivity index (χ2v) is 8.88. The van der Waals surface area contributed by atoms with E-state index >= 15 is 0 Å². The molecule has 4 heteroatoms. The van der Waals surface area contributed by atoms with Crippen LogP contribution >= 0.6 is 0 Å². The molecule has 2 saturated heterocycles. The number of unbranched alkanes of at least 4 members (excludes halogenated alkanes) is 1. The molecule has 0 aliphatic carbocycles. The topological polar surface area (TPSA) is 41.6 Å². The Morgan fingerprint density at radius 2 is 1.48 bits per heavy atom. The first-order chi connectivity index (χ1) is 11.8. The molecule has 0 N–H and O–H groups in total. The summed E-state index contributed by atoms with van der Waals surface area (Å²) in [5.41, 5.74) is -0.641. The van der Waals surface area contributed by atoms with Crippen molar-refractivity contribution in [2.75, 3.05) is 13.2 Å². The average molecular weight is 355 g/mol. The number of hydrogen-bond acceptors (Lipinski definition) is 3. The minimum atomic E-state index is -0.581. The van der Waals surface area contributed by atoms with Crippen molar-refractivity contribution in [2.24, 2.45) is 5.41 Å². The molecule has 2 heterocycles. The zero-order chi connectivity index (χ0) is 18.8. The lowest BCUT2D eigenvalue weighted by Crippen LogP contribution is -2.69. The summed E-state index contributed by atoms with van der Waals surface area (Å²) in [4.78, 5) is 0. The molecule has 2 fully saturated rings. The summed E-state index contributed by atoms with van der Waals surface area (Å²) in [6.45, 7) is 14.5. The van der Waals surface area contributed by atoms with E-state index in [1.165, 1.54) is 24.3 Å². The van der Waals surface area contributed by atoms with Crippen LogP contribution < -0.4 is 0 Å². The van der Waals surface area contributed by atoms with E-state index in [-0.39, 0.29) is 11.0 Å². The Kier molecular flexibility index (Phi) is 6.63. The fraction of sp³-hybridized carbons (Fsp3) is 1.00. The fourth-order valence-corrected chi connectivity index (χ4v) is 4.85. The van der Waals surface area contributed by atoms with E-state index in [1.807, 2.05) is 0 Å². The standard InChI is InChI=1S/C21H40NO3/c1-7-12-13-19(9-3)16-24-21(25-17-19)14-18(6,8-2)22(23)20(10-4,11-5)15-21/h7-17H2,1-6H3. The number of hydroxylamine groups is 2. The number of rotatable bonds is 7. The summed E-state index contributed by atoms with van der Waals surface area (Å²) in [7, 11) is 0. The van der Waals surface area contributed by atoms with Crippen molar-refractivity contribution in [1.29, 1.82) is 0 Å². The van der Waals surface area contributed by atoms with Crippen LogP contribution in [0.25, 0.3) is 0 Å². The van der Waals surface area contributed by atoms with Crippen LogP contribution in [0.15, 0.2) is 0 Å². The number of hydrogen-bond donors (Lipinski definition) is 0. The largest absolute Gasteiger partial charge is 0.349 e. The highest BCUT2D eigenvalue weighted by Crippen LogP contribution is 2.52. The van der Waals surface area contributed by atoms with Crippen molar-refractivity contribution in [3.05, 3.63) is 0 Å². The monoisotopic (exact) mass is 354 g/mol. The maximum absolute atomic E-state index is 13.2. The molecule has 0 aromatic rings. The Morgan fingerprint density at radius 3 is 1.92 bits per heavy atom. The van der Waals surface area contributed by atoms with Gasteiger partial charge in [-0.25, -0.2) is 0 Å². The maximum Gasteiger partial charge on any atom is 0.172 e. The van der Waals surface area contributed by atoms with Crippen LogP contribution in [0.3, 0.4) is 0 Å². The normalized spacial score (nSPS) is 39.0. The van der Waals surface area contributed by atoms with Gasteiger partial charge in [0.15, 0.2) is 5.79 Å². The summed E-state index contributed by atoms with van der Waals surface area (Å²) >= 11 is 0. The van der Waals surface area contributed by atoms with Gasteiger partial charge in [0.25, 0.3) is 0 Å². The third-order valence-electron chi connectivity index (χ3n) is 7.34. The van der Waals surface area contributed by atoms with E-state index in [2.05, 4.69) is 41.5 Å². The molecule has 2 aliphatic rings. The predicted molar refractivity (Wildman–Crippen MR) is 101 cm³/mol. The molecule has 147 valence electrons. The Morgan fingerprint density at radius 1 is 0.880 bits per heavy atom. The fourth-order valence-electron chi connectivity index (χ4n) is 4.85. The third-order valence-corrected chi connectivity index (χ3v) is 7.34. The van der Waals surface area contributed by atoms with Gasteiger partial charge in [0.2, 0.25) is 0 Å². The van der Waals surface area contributed by atoms with E-state index in [1.54, 1.807) is 0 Å². The molecule has 25 heavy (non-hydrogen) atoms. The summed E-state index contributed by atoms with van der Waals surface area (Å²) in [5.74, 6) is -0.581. The zero-order valence-electron chi connectivity index (χ0n) is 17.5. The maximum atomic E-state index is 13.2. The second-order valence-electron chi connectivity index (χ2n) is 8.88. The van der Waals surface area contributed by atoms with Gasteiger partial charge in [0.05, 0.1) is 24.3 Å². The SMILES string of the molecule is CCCCC1(CC)COC2(CC(C)(CC)N([O])C(CC)(CC)C2)OC1. The van der Waals surface area contributed by atoms with E-state index in [4.69, 9.17) is 9.47 Å². The minimum absolute atomic E-state index is 0.152. The first-order valence-corrected chi connectivity index (χ1v) is 10.5. The molecule has 1 radical (unpaired) electrons. The Labute approximate surface area is 155 Å². The lowest BCUT2D eigenvalue weighted by molar-refractivity contribution is -0.395. The van der Waals surface area contributed by atoms with Crippen molar-refractivity contribution in [1.82, 2.24) is 5.06 Å². The quantitative estimate of drug-likeness (QED) is 0.607. The Bertz CT molecular complexity index is 427. The highest BCUT2D eigenvalue weighted by atomic mass is 16.7. The lowest BCUT2D eigenvalue weighted by atomic mass is 9.71. The predicted octanol–water partition coefficient (Wildman–Crippen LogP) is 5.48. The number of ether oxygens (including phenoxy) is 2. The molecule has 0 bridgehead atoms. The van der Waals surface area contributed by atoms with Crippen LogP contribution in [0.2, 0.25) is 0 Å². The smallest absolute Gasteiger partial charge is 0.172 e. The molecule has 1 unspecified atom stereocenters. The van der Waals surface area contributed by atoms with E-state index < -0.39 is 11.3 Å². The third kappa shape index (κ3) is 3.78. The van der Waals surface area contributed by atoms with Gasteiger partial charge in [-0.1, -0.05) is 47.5 Å². The molecular formula is C21H40NO3. The molecule has 0 aromatic heterocycles. The Hall–Kier alpha value is -0.160. The lowest BCUT2D eigenvalue weighted by Gasteiger charge is -2.59. The summed E-state index contributed by atoms with van der Waals surface area (Å²) < 4.78 is 13.1. The highest BCUT2D eigenvalue weighted by molar-refractivity contribution is 5.06. The van der Waals surface area contributed by atoms with Crippen LogP contribution in [0.5, 0.6) is 0 Å². The average Bonchev–Trinajstić information content (AvgIpc) is 2.65. The van der Waals surface area contributed by atoms with Gasteiger partial charge in [-0.2, -0.15) is 0 Å². The van der Waals surface area contributed by atoms with Gasteiger partial charge in [0, 0.05) is 18.3 Å². The van der Waals surface area contributed by atoms with Crippen molar-refractivity contribution >= 4 is 0 Å². The van der Waals surface area contributed by atoms with Gasteiger partial charge in [-0.3, -0.25) is 0 Å². The second kappa shape index (κ2) is 7.84. The van der Waals surface area contributed by atoms with Crippen molar-refractivity contribution in [2.45, 2.75) is 116 Å². The van der Waals surface area contributed by atoms with Crippen LogP contribution in [-0.2, 0) is 14.7 Å².